The van der Waals surface area contributed by atoms with Gasteiger partial charge in [-0.05, 0) is 35.4 Å². The molecule has 0 fully saturated rings. The standard InChI is InChI=1S/C22H22F3N3O3/c1-13(29)26-16-9-8-14-11-19(21(31)27(2)3)28(12-15(14)10-16)20(30)17-6-4-5-7-18(17)22(23,24)25/h4-10,19H,11-12H2,1-3H3,(H,26,29)/t19-/m0/s1. The lowest BCUT2D eigenvalue weighted by Crippen LogP contribution is -2.52. The summed E-state index contributed by atoms with van der Waals surface area (Å²) >= 11 is 0. The number of rotatable bonds is 3. The van der Waals surface area contributed by atoms with Crippen molar-refractivity contribution in [3.63, 3.8) is 0 Å². The van der Waals surface area contributed by atoms with E-state index in [0.29, 0.717) is 11.3 Å². The van der Waals surface area contributed by atoms with Gasteiger partial charge in [0.15, 0.2) is 0 Å². The molecule has 1 heterocycles. The average molecular weight is 433 g/mol. The van der Waals surface area contributed by atoms with E-state index < -0.39 is 29.3 Å². The van der Waals surface area contributed by atoms with Crippen molar-refractivity contribution in [3.8, 4) is 0 Å². The molecular formula is C22H22F3N3O3. The second-order valence-electron chi connectivity index (χ2n) is 7.59. The lowest BCUT2D eigenvalue weighted by molar-refractivity contribution is -0.138. The van der Waals surface area contributed by atoms with Crippen molar-refractivity contribution in [2.75, 3.05) is 19.4 Å². The van der Waals surface area contributed by atoms with E-state index in [1.165, 1.54) is 43.0 Å². The Labute approximate surface area is 177 Å². The van der Waals surface area contributed by atoms with E-state index in [-0.39, 0.29) is 24.8 Å². The Morgan fingerprint density at radius 3 is 2.35 bits per heavy atom. The number of nitrogens with zero attached hydrogens (tertiary/aromatic N) is 2. The molecule has 1 aliphatic rings. The molecule has 0 bridgehead atoms. The second kappa shape index (κ2) is 8.41. The van der Waals surface area contributed by atoms with Gasteiger partial charge >= 0.3 is 6.18 Å². The van der Waals surface area contributed by atoms with Crippen LogP contribution in [0.25, 0.3) is 0 Å². The summed E-state index contributed by atoms with van der Waals surface area (Å²) < 4.78 is 40.5. The monoisotopic (exact) mass is 433 g/mol. The highest BCUT2D eigenvalue weighted by Gasteiger charge is 2.40. The van der Waals surface area contributed by atoms with E-state index >= 15 is 0 Å². The van der Waals surface area contributed by atoms with Crippen molar-refractivity contribution >= 4 is 23.4 Å². The van der Waals surface area contributed by atoms with Gasteiger partial charge < -0.3 is 15.1 Å². The number of likely N-dealkylation sites (N-methyl/N-ethyl adjacent to an activating group) is 1. The van der Waals surface area contributed by atoms with Gasteiger partial charge in [0.25, 0.3) is 5.91 Å². The van der Waals surface area contributed by atoms with Crippen molar-refractivity contribution in [1.29, 1.82) is 0 Å². The molecule has 31 heavy (non-hydrogen) atoms. The van der Waals surface area contributed by atoms with Crippen LogP contribution in [0.5, 0.6) is 0 Å². The Balaban J connectivity index is 2.05. The summed E-state index contributed by atoms with van der Waals surface area (Å²) in [7, 11) is 3.06. The molecule has 0 aromatic heterocycles. The van der Waals surface area contributed by atoms with Crippen molar-refractivity contribution in [2.24, 2.45) is 0 Å². The Morgan fingerprint density at radius 2 is 1.74 bits per heavy atom. The molecular weight excluding hydrogens is 411 g/mol. The number of hydrogen-bond donors (Lipinski definition) is 1. The molecule has 164 valence electrons. The van der Waals surface area contributed by atoms with Gasteiger partial charge in [-0.2, -0.15) is 13.2 Å². The predicted octanol–water partition coefficient (Wildman–Crippen LogP) is 3.32. The molecule has 6 nitrogen and oxygen atoms in total. The summed E-state index contributed by atoms with van der Waals surface area (Å²) in [6.45, 7) is 1.30. The molecule has 2 aromatic carbocycles. The summed E-state index contributed by atoms with van der Waals surface area (Å²) in [6, 6.07) is 8.71. The largest absolute Gasteiger partial charge is 0.417 e. The van der Waals surface area contributed by atoms with Crippen LogP contribution in [0.2, 0.25) is 0 Å². The minimum Gasteiger partial charge on any atom is -0.347 e. The van der Waals surface area contributed by atoms with E-state index in [1.54, 1.807) is 18.2 Å². The van der Waals surface area contributed by atoms with Gasteiger partial charge in [-0.15, -0.1) is 0 Å². The van der Waals surface area contributed by atoms with Gasteiger partial charge in [0.05, 0.1) is 11.1 Å². The molecule has 0 radical (unpaired) electrons. The predicted molar refractivity (Wildman–Crippen MR) is 108 cm³/mol. The first-order valence-corrected chi connectivity index (χ1v) is 9.56. The number of benzene rings is 2. The maximum Gasteiger partial charge on any atom is 0.417 e. The smallest absolute Gasteiger partial charge is 0.347 e. The van der Waals surface area contributed by atoms with E-state index in [9.17, 15) is 27.6 Å². The Kier molecular flexibility index (Phi) is 6.06. The molecule has 0 spiro atoms. The van der Waals surface area contributed by atoms with Crippen LogP contribution in [0.1, 0.15) is 34.0 Å². The van der Waals surface area contributed by atoms with Gasteiger partial charge in [-0.25, -0.2) is 0 Å². The quantitative estimate of drug-likeness (QED) is 0.808. The zero-order valence-electron chi connectivity index (χ0n) is 17.3. The van der Waals surface area contributed by atoms with Crippen LogP contribution in [0.3, 0.4) is 0 Å². The molecule has 1 N–H and O–H groups in total. The third kappa shape index (κ3) is 4.70. The molecule has 1 aliphatic heterocycles. The molecule has 2 aromatic rings. The highest BCUT2D eigenvalue weighted by molar-refractivity contribution is 5.99. The van der Waals surface area contributed by atoms with Crippen LogP contribution in [0, 0.1) is 0 Å². The number of carbonyl (C=O) groups excluding carboxylic acids is 3. The van der Waals surface area contributed by atoms with E-state index in [4.69, 9.17) is 0 Å². The average Bonchev–Trinajstić information content (AvgIpc) is 2.70. The fourth-order valence-corrected chi connectivity index (χ4v) is 3.67. The third-order valence-electron chi connectivity index (χ3n) is 5.11. The first kappa shape index (κ1) is 22.3. The number of nitrogens with one attached hydrogen (secondary N) is 1. The van der Waals surface area contributed by atoms with Crippen LogP contribution >= 0.6 is 0 Å². The summed E-state index contributed by atoms with van der Waals surface area (Å²) in [5.41, 5.74) is 0.406. The maximum atomic E-state index is 13.5. The highest BCUT2D eigenvalue weighted by Crippen LogP contribution is 2.34. The van der Waals surface area contributed by atoms with Crippen LogP contribution in [-0.2, 0) is 28.7 Å². The fraction of sp³-hybridized carbons (Fsp3) is 0.318. The van der Waals surface area contributed by atoms with E-state index in [1.807, 2.05) is 0 Å². The van der Waals surface area contributed by atoms with Gasteiger partial charge in [0, 0.05) is 39.7 Å². The van der Waals surface area contributed by atoms with Crippen molar-refractivity contribution in [3.05, 3.63) is 64.7 Å². The molecule has 9 heteroatoms. The Bertz CT molecular complexity index is 1030. The highest BCUT2D eigenvalue weighted by atomic mass is 19.4. The molecule has 0 aliphatic carbocycles. The van der Waals surface area contributed by atoms with Crippen LogP contribution in [-0.4, -0.2) is 47.7 Å². The number of carbonyl (C=O) groups is 3. The Morgan fingerprint density at radius 1 is 1.06 bits per heavy atom. The summed E-state index contributed by atoms with van der Waals surface area (Å²) in [6.07, 6.45) is -4.55. The van der Waals surface area contributed by atoms with Crippen LogP contribution in [0.4, 0.5) is 18.9 Å². The summed E-state index contributed by atoms with van der Waals surface area (Å²) in [5, 5.41) is 2.65. The topological polar surface area (TPSA) is 69.7 Å². The van der Waals surface area contributed by atoms with Gasteiger partial charge in [-0.3, -0.25) is 14.4 Å². The van der Waals surface area contributed by atoms with E-state index in [2.05, 4.69) is 5.32 Å². The van der Waals surface area contributed by atoms with Crippen LogP contribution < -0.4 is 5.32 Å². The minimum absolute atomic E-state index is 0.0575. The molecule has 1 atom stereocenters. The minimum atomic E-state index is -4.71. The van der Waals surface area contributed by atoms with Crippen molar-refractivity contribution in [1.82, 2.24) is 9.80 Å². The number of fused-ring (bicyclic) bond motifs is 1. The summed E-state index contributed by atoms with van der Waals surface area (Å²) in [5.74, 6) is -1.53. The molecule has 0 unspecified atom stereocenters. The van der Waals surface area contributed by atoms with Crippen LogP contribution in [0.15, 0.2) is 42.5 Å². The Hall–Kier alpha value is -3.36. The molecule has 3 amide bonds. The molecule has 0 saturated carbocycles. The normalized spacial score (nSPS) is 15.8. The van der Waals surface area contributed by atoms with E-state index in [0.717, 1.165) is 17.7 Å². The molecule has 3 rings (SSSR count). The number of halogens is 3. The van der Waals surface area contributed by atoms with Gasteiger partial charge in [0.1, 0.15) is 6.04 Å². The maximum absolute atomic E-state index is 13.5. The lowest BCUT2D eigenvalue weighted by Gasteiger charge is -2.37. The second-order valence-corrected chi connectivity index (χ2v) is 7.59. The lowest BCUT2D eigenvalue weighted by atomic mass is 9.91. The number of amides is 3. The third-order valence-corrected chi connectivity index (χ3v) is 5.11. The van der Waals surface area contributed by atoms with Crippen molar-refractivity contribution in [2.45, 2.75) is 32.1 Å². The van der Waals surface area contributed by atoms with Gasteiger partial charge in [-0.1, -0.05) is 18.2 Å². The number of hydrogen-bond acceptors (Lipinski definition) is 3. The number of alkyl halides is 3. The zero-order valence-corrected chi connectivity index (χ0v) is 17.3. The van der Waals surface area contributed by atoms with Crippen molar-refractivity contribution < 1.29 is 27.6 Å². The zero-order chi connectivity index (χ0) is 22.9. The first-order valence-electron chi connectivity index (χ1n) is 9.56. The SMILES string of the molecule is CC(=O)Nc1ccc2c(c1)CN(C(=O)c1ccccc1C(F)(F)F)[C@H](C(=O)N(C)C)C2. The van der Waals surface area contributed by atoms with Gasteiger partial charge in [0.2, 0.25) is 11.8 Å². The first-order chi connectivity index (χ1) is 14.5. The summed E-state index contributed by atoms with van der Waals surface area (Å²) in [4.78, 5) is 39.9. The molecule has 0 saturated heterocycles. The fourth-order valence-electron chi connectivity index (χ4n) is 3.67. The number of anilines is 1.